The van der Waals surface area contributed by atoms with E-state index in [9.17, 15) is 19.8 Å². The van der Waals surface area contributed by atoms with Crippen LogP contribution < -0.4 is 0 Å². The quantitative estimate of drug-likeness (QED) is 0.635. The maximum atomic E-state index is 11.5. The molecule has 0 aliphatic rings. The summed E-state index contributed by atoms with van der Waals surface area (Å²) in [4.78, 5) is 22.7. The minimum absolute atomic E-state index is 0.0758. The SMILES string of the molecule is COC(=O)C(O)C(O)(CCC(C)C)C(=O)OC. The molecule has 0 aliphatic carbocycles. The number of aliphatic hydroxyl groups excluding tert-OH is 1. The zero-order valence-electron chi connectivity index (χ0n) is 10.6. The lowest BCUT2D eigenvalue weighted by atomic mass is 9.88. The van der Waals surface area contributed by atoms with Gasteiger partial charge in [-0.15, -0.1) is 0 Å². The zero-order valence-corrected chi connectivity index (χ0v) is 10.6. The molecule has 0 rings (SSSR count). The normalized spacial score (nSPS) is 16.2. The smallest absolute Gasteiger partial charge is 0.341 e. The molecule has 2 N–H and O–H groups in total. The molecule has 0 aromatic heterocycles. The Labute approximate surface area is 101 Å². The first-order valence-electron chi connectivity index (χ1n) is 5.36. The molecule has 2 atom stereocenters. The maximum absolute atomic E-state index is 11.5. The Hall–Kier alpha value is -1.14. The first kappa shape index (κ1) is 15.9. The van der Waals surface area contributed by atoms with Crippen molar-refractivity contribution in [2.45, 2.75) is 38.4 Å². The van der Waals surface area contributed by atoms with Crippen molar-refractivity contribution < 1.29 is 29.3 Å². The number of esters is 2. The van der Waals surface area contributed by atoms with E-state index in [0.29, 0.717) is 6.42 Å². The third-order valence-corrected chi connectivity index (χ3v) is 2.52. The summed E-state index contributed by atoms with van der Waals surface area (Å²) in [7, 11) is 2.14. The largest absolute Gasteiger partial charge is 0.467 e. The fraction of sp³-hybridized carbons (Fsp3) is 0.818. The second-order valence-corrected chi connectivity index (χ2v) is 4.27. The van der Waals surface area contributed by atoms with Crippen LogP contribution in [0.1, 0.15) is 26.7 Å². The van der Waals surface area contributed by atoms with Gasteiger partial charge in [0.25, 0.3) is 0 Å². The molecule has 0 spiro atoms. The fourth-order valence-electron chi connectivity index (χ4n) is 1.34. The van der Waals surface area contributed by atoms with Crippen LogP contribution in [0, 0.1) is 5.92 Å². The van der Waals surface area contributed by atoms with Crippen LogP contribution in [0.5, 0.6) is 0 Å². The van der Waals surface area contributed by atoms with E-state index in [4.69, 9.17) is 0 Å². The van der Waals surface area contributed by atoms with Gasteiger partial charge in [-0.25, -0.2) is 9.59 Å². The lowest BCUT2D eigenvalue weighted by Crippen LogP contribution is -2.54. The lowest BCUT2D eigenvalue weighted by molar-refractivity contribution is -0.188. The third-order valence-electron chi connectivity index (χ3n) is 2.52. The van der Waals surface area contributed by atoms with Crippen LogP contribution in [0.4, 0.5) is 0 Å². The van der Waals surface area contributed by atoms with Crippen LogP contribution in [0.3, 0.4) is 0 Å². The zero-order chi connectivity index (χ0) is 13.6. The number of rotatable bonds is 6. The molecule has 2 unspecified atom stereocenters. The minimum atomic E-state index is -2.26. The molecule has 0 radical (unpaired) electrons. The van der Waals surface area contributed by atoms with E-state index >= 15 is 0 Å². The van der Waals surface area contributed by atoms with E-state index in [0.717, 1.165) is 14.2 Å². The first-order valence-corrected chi connectivity index (χ1v) is 5.36. The molecular formula is C11H20O6. The molecular weight excluding hydrogens is 228 g/mol. The number of carbonyl (C=O) groups excluding carboxylic acids is 2. The second-order valence-electron chi connectivity index (χ2n) is 4.27. The average molecular weight is 248 g/mol. The van der Waals surface area contributed by atoms with Crippen molar-refractivity contribution >= 4 is 11.9 Å². The second kappa shape index (κ2) is 6.56. The van der Waals surface area contributed by atoms with Crippen LogP contribution >= 0.6 is 0 Å². The predicted molar refractivity (Wildman–Crippen MR) is 59.1 cm³/mol. The van der Waals surface area contributed by atoms with E-state index in [2.05, 4.69) is 9.47 Å². The van der Waals surface area contributed by atoms with Crippen LogP contribution in [0.15, 0.2) is 0 Å². The van der Waals surface area contributed by atoms with Crippen molar-refractivity contribution in [3.63, 3.8) is 0 Å². The topological polar surface area (TPSA) is 93.1 Å². The van der Waals surface area contributed by atoms with Crippen molar-refractivity contribution in [1.29, 1.82) is 0 Å². The van der Waals surface area contributed by atoms with E-state index in [1.807, 2.05) is 13.8 Å². The van der Waals surface area contributed by atoms with E-state index in [1.54, 1.807) is 0 Å². The van der Waals surface area contributed by atoms with Gasteiger partial charge in [0, 0.05) is 0 Å². The van der Waals surface area contributed by atoms with Gasteiger partial charge in [0.2, 0.25) is 0 Å². The van der Waals surface area contributed by atoms with Crippen LogP contribution in [-0.2, 0) is 19.1 Å². The first-order chi connectivity index (χ1) is 7.79. The Bertz CT molecular complexity index is 275. The summed E-state index contributed by atoms with van der Waals surface area (Å²) in [6, 6.07) is 0. The Morgan fingerprint density at radius 1 is 1.24 bits per heavy atom. The van der Waals surface area contributed by atoms with E-state index in [-0.39, 0.29) is 12.3 Å². The van der Waals surface area contributed by atoms with Crippen molar-refractivity contribution in [3.8, 4) is 0 Å². The number of ether oxygens (including phenoxy) is 2. The van der Waals surface area contributed by atoms with Gasteiger partial charge in [-0.1, -0.05) is 13.8 Å². The summed E-state index contributed by atoms with van der Waals surface area (Å²) < 4.78 is 8.71. The van der Waals surface area contributed by atoms with Gasteiger partial charge in [0.05, 0.1) is 14.2 Å². The molecule has 0 amide bonds. The molecule has 0 heterocycles. The minimum Gasteiger partial charge on any atom is -0.467 e. The molecule has 0 aromatic carbocycles. The van der Waals surface area contributed by atoms with Crippen LogP contribution in [0.25, 0.3) is 0 Å². The van der Waals surface area contributed by atoms with Crippen molar-refractivity contribution in [1.82, 2.24) is 0 Å². The van der Waals surface area contributed by atoms with Crippen molar-refractivity contribution in [2.75, 3.05) is 14.2 Å². The van der Waals surface area contributed by atoms with Gasteiger partial charge >= 0.3 is 11.9 Å². The Balaban J connectivity index is 4.95. The highest BCUT2D eigenvalue weighted by atomic mass is 16.6. The molecule has 6 nitrogen and oxygen atoms in total. The van der Waals surface area contributed by atoms with Gasteiger partial charge < -0.3 is 19.7 Å². The average Bonchev–Trinajstić information content (AvgIpc) is 2.32. The van der Waals surface area contributed by atoms with Gasteiger partial charge in [0.15, 0.2) is 11.7 Å². The number of aliphatic hydroxyl groups is 2. The van der Waals surface area contributed by atoms with E-state index < -0.39 is 23.6 Å². The fourth-order valence-corrected chi connectivity index (χ4v) is 1.34. The molecule has 0 saturated carbocycles. The number of carbonyl (C=O) groups is 2. The molecule has 0 aliphatic heterocycles. The molecule has 0 bridgehead atoms. The monoisotopic (exact) mass is 248 g/mol. The van der Waals surface area contributed by atoms with Crippen LogP contribution in [-0.4, -0.2) is 48.1 Å². The summed E-state index contributed by atoms with van der Waals surface area (Å²) in [5.74, 6) is -1.91. The molecule has 0 aromatic rings. The highest BCUT2D eigenvalue weighted by Crippen LogP contribution is 2.23. The highest BCUT2D eigenvalue weighted by Gasteiger charge is 2.48. The highest BCUT2D eigenvalue weighted by molar-refractivity contribution is 5.88. The van der Waals surface area contributed by atoms with E-state index in [1.165, 1.54) is 0 Å². The summed E-state index contributed by atoms with van der Waals surface area (Å²) in [5.41, 5.74) is -2.26. The number of hydrogen-bond acceptors (Lipinski definition) is 6. The molecule has 17 heavy (non-hydrogen) atoms. The Kier molecular flexibility index (Phi) is 6.12. The summed E-state index contributed by atoms with van der Waals surface area (Å²) in [6.07, 6.45) is -1.56. The van der Waals surface area contributed by atoms with Gasteiger partial charge in [-0.05, 0) is 18.8 Å². The van der Waals surface area contributed by atoms with Gasteiger partial charge in [-0.3, -0.25) is 0 Å². The molecule has 0 fully saturated rings. The maximum Gasteiger partial charge on any atom is 0.341 e. The predicted octanol–water partition coefficient (Wildman–Crippen LogP) is -0.139. The van der Waals surface area contributed by atoms with Crippen molar-refractivity contribution in [2.24, 2.45) is 5.92 Å². The van der Waals surface area contributed by atoms with Gasteiger partial charge in [-0.2, -0.15) is 0 Å². The third kappa shape index (κ3) is 3.98. The number of hydrogen-bond donors (Lipinski definition) is 2. The summed E-state index contributed by atoms with van der Waals surface area (Å²) in [6.45, 7) is 3.78. The summed E-state index contributed by atoms with van der Waals surface area (Å²) >= 11 is 0. The molecule has 0 saturated heterocycles. The molecule has 6 heteroatoms. The summed E-state index contributed by atoms with van der Waals surface area (Å²) in [5, 5.41) is 19.7. The number of methoxy groups -OCH3 is 2. The standard InChI is InChI=1S/C11H20O6/c1-7(2)5-6-11(15,10(14)17-4)8(12)9(13)16-3/h7-8,12,15H,5-6H2,1-4H3. The Morgan fingerprint density at radius 3 is 2.12 bits per heavy atom. The lowest BCUT2D eigenvalue weighted by Gasteiger charge is -2.29. The molecule has 100 valence electrons. The Morgan fingerprint density at radius 2 is 1.76 bits per heavy atom. The van der Waals surface area contributed by atoms with Crippen molar-refractivity contribution in [3.05, 3.63) is 0 Å². The van der Waals surface area contributed by atoms with Gasteiger partial charge in [0.1, 0.15) is 0 Å². The van der Waals surface area contributed by atoms with Crippen LogP contribution in [0.2, 0.25) is 0 Å².